The van der Waals surface area contributed by atoms with Crippen molar-refractivity contribution in [3.05, 3.63) is 34.3 Å². The highest BCUT2D eigenvalue weighted by atomic mass is 35.5. The maximum Gasteiger partial charge on any atom is 0.327 e. The lowest BCUT2D eigenvalue weighted by Crippen LogP contribution is -2.45. The molecule has 2 unspecified atom stereocenters. The summed E-state index contributed by atoms with van der Waals surface area (Å²) in [7, 11) is 0. The lowest BCUT2D eigenvalue weighted by molar-refractivity contribution is -0.141. The van der Waals surface area contributed by atoms with E-state index in [1.807, 2.05) is 13.8 Å². The van der Waals surface area contributed by atoms with Crippen LogP contribution in [0.4, 0.5) is 0 Å². The number of hydrogen-bond donors (Lipinski definition) is 1. The SMILES string of the molecule is CCC1SCC(C(=O)O)N1C(=O)c1cc(Cl)ccc1C. The molecule has 1 aliphatic heterocycles. The Morgan fingerprint density at radius 3 is 2.80 bits per heavy atom. The van der Waals surface area contributed by atoms with Gasteiger partial charge in [0.1, 0.15) is 6.04 Å². The first-order chi connectivity index (χ1) is 9.45. The third-order valence-electron chi connectivity index (χ3n) is 3.39. The van der Waals surface area contributed by atoms with E-state index < -0.39 is 12.0 Å². The van der Waals surface area contributed by atoms with E-state index in [0.717, 1.165) is 12.0 Å². The Balaban J connectivity index is 2.38. The second-order valence-electron chi connectivity index (χ2n) is 4.72. The molecule has 0 aromatic heterocycles. The molecule has 2 atom stereocenters. The number of thioether (sulfide) groups is 1. The molecule has 20 heavy (non-hydrogen) atoms. The molecule has 1 fully saturated rings. The Labute approximate surface area is 127 Å². The van der Waals surface area contributed by atoms with Crippen LogP contribution in [0.25, 0.3) is 0 Å². The standard InChI is InChI=1S/C14H16ClNO3S/c1-3-12-16(11(7-20-12)14(18)19)13(17)10-6-9(15)5-4-8(10)2/h4-6,11-12H,3,7H2,1-2H3,(H,18,19). The van der Waals surface area contributed by atoms with Crippen molar-refractivity contribution >= 4 is 35.2 Å². The molecule has 2 rings (SSSR count). The molecule has 0 radical (unpaired) electrons. The fraction of sp³-hybridized carbons (Fsp3) is 0.429. The zero-order chi connectivity index (χ0) is 14.9. The largest absolute Gasteiger partial charge is 0.480 e. The molecule has 0 spiro atoms. The molecule has 4 nitrogen and oxygen atoms in total. The van der Waals surface area contributed by atoms with Gasteiger partial charge in [0.2, 0.25) is 0 Å². The van der Waals surface area contributed by atoms with Gasteiger partial charge in [0.15, 0.2) is 0 Å². The zero-order valence-corrected chi connectivity index (χ0v) is 12.9. The van der Waals surface area contributed by atoms with E-state index in [9.17, 15) is 14.7 Å². The molecule has 1 N–H and O–H groups in total. The lowest BCUT2D eigenvalue weighted by Gasteiger charge is -2.27. The molecule has 1 aliphatic rings. The van der Waals surface area contributed by atoms with Gasteiger partial charge in [-0.1, -0.05) is 24.6 Å². The highest BCUT2D eigenvalue weighted by molar-refractivity contribution is 8.00. The number of carbonyl (C=O) groups is 2. The van der Waals surface area contributed by atoms with Crippen LogP contribution < -0.4 is 0 Å². The number of hydrogen-bond acceptors (Lipinski definition) is 3. The van der Waals surface area contributed by atoms with E-state index in [-0.39, 0.29) is 11.3 Å². The number of amides is 1. The molecule has 1 amide bonds. The first kappa shape index (κ1) is 15.2. The molecule has 108 valence electrons. The third kappa shape index (κ3) is 2.79. The minimum atomic E-state index is -0.957. The second-order valence-corrected chi connectivity index (χ2v) is 6.37. The molecule has 0 aliphatic carbocycles. The topological polar surface area (TPSA) is 57.6 Å². The van der Waals surface area contributed by atoms with Crippen LogP contribution in [0.1, 0.15) is 29.3 Å². The maximum absolute atomic E-state index is 12.7. The van der Waals surface area contributed by atoms with Gasteiger partial charge in [-0.15, -0.1) is 11.8 Å². The summed E-state index contributed by atoms with van der Waals surface area (Å²) >= 11 is 7.46. The van der Waals surface area contributed by atoms with Gasteiger partial charge in [0.05, 0.1) is 5.37 Å². The lowest BCUT2D eigenvalue weighted by atomic mass is 10.1. The molecule has 0 bridgehead atoms. The number of carboxylic acid groups (broad SMARTS) is 1. The minimum absolute atomic E-state index is 0.0954. The molecule has 6 heteroatoms. The predicted octanol–water partition coefficient (Wildman–Crippen LogP) is 3.03. The summed E-state index contributed by atoms with van der Waals surface area (Å²) in [6.07, 6.45) is 0.722. The van der Waals surface area contributed by atoms with Crippen molar-refractivity contribution in [1.82, 2.24) is 4.90 Å². The summed E-state index contributed by atoms with van der Waals surface area (Å²) in [5.41, 5.74) is 1.28. The Hall–Kier alpha value is -1.20. The first-order valence-corrected chi connectivity index (χ1v) is 7.81. The van der Waals surface area contributed by atoms with Crippen LogP contribution in [0.3, 0.4) is 0 Å². The summed E-state index contributed by atoms with van der Waals surface area (Å²) in [4.78, 5) is 25.5. The number of benzene rings is 1. The van der Waals surface area contributed by atoms with E-state index >= 15 is 0 Å². The van der Waals surface area contributed by atoms with Gasteiger partial charge in [0.25, 0.3) is 5.91 Å². The summed E-state index contributed by atoms with van der Waals surface area (Å²) < 4.78 is 0. The summed E-state index contributed by atoms with van der Waals surface area (Å²) in [6, 6.07) is 4.33. The molecule has 1 aromatic carbocycles. The van der Waals surface area contributed by atoms with E-state index in [0.29, 0.717) is 16.3 Å². The first-order valence-electron chi connectivity index (χ1n) is 6.39. The van der Waals surface area contributed by atoms with Gasteiger partial charge in [-0.2, -0.15) is 0 Å². The van der Waals surface area contributed by atoms with Crippen LogP contribution in [0.2, 0.25) is 5.02 Å². The van der Waals surface area contributed by atoms with Gasteiger partial charge in [0, 0.05) is 16.3 Å². The van der Waals surface area contributed by atoms with Crippen LogP contribution in [0, 0.1) is 6.92 Å². The van der Waals surface area contributed by atoms with Crippen molar-refractivity contribution in [1.29, 1.82) is 0 Å². The Morgan fingerprint density at radius 2 is 2.20 bits per heavy atom. The molecule has 1 aromatic rings. The number of nitrogens with zero attached hydrogens (tertiary/aromatic N) is 1. The fourth-order valence-electron chi connectivity index (χ4n) is 2.30. The molecule has 0 saturated carbocycles. The zero-order valence-electron chi connectivity index (χ0n) is 11.3. The molecular weight excluding hydrogens is 298 g/mol. The minimum Gasteiger partial charge on any atom is -0.480 e. The van der Waals surface area contributed by atoms with Crippen LogP contribution in [-0.2, 0) is 4.79 Å². The van der Waals surface area contributed by atoms with E-state index in [4.69, 9.17) is 11.6 Å². The van der Waals surface area contributed by atoms with Crippen LogP contribution in [-0.4, -0.2) is 39.1 Å². The normalized spacial score (nSPS) is 22.1. The van der Waals surface area contributed by atoms with E-state index in [2.05, 4.69) is 0 Å². The molecule has 1 heterocycles. The van der Waals surface area contributed by atoms with Crippen molar-refractivity contribution in [2.75, 3.05) is 5.75 Å². The Kier molecular flexibility index (Phi) is 4.60. The Morgan fingerprint density at radius 1 is 1.50 bits per heavy atom. The predicted molar refractivity (Wildman–Crippen MR) is 80.3 cm³/mol. The number of aliphatic carboxylic acids is 1. The van der Waals surface area contributed by atoms with Gasteiger partial charge in [-0.05, 0) is 31.0 Å². The summed E-state index contributed by atoms with van der Waals surface area (Å²) in [6.45, 7) is 3.77. The second kappa shape index (κ2) is 6.06. The van der Waals surface area contributed by atoms with Crippen molar-refractivity contribution < 1.29 is 14.7 Å². The van der Waals surface area contributed by atoms with E-state index in [1.54, 1.807) is 18.2 Å². The smallest absolute Gasteiger partial charge is 0.327 e. The number of aryl methyl sites for hydroxylation is 1. The van der Waals surface area contributed by atoms with Gasteiger partial charge in [-0.25, -0.2) is 4.79 Å². The average molecular weight is 314 g/mol. The average Bonchev–Trinajstić information content (AvgIpc) is 2.84. The number of halogens is 1. The van der Waals surface area contributed by atoms with Crippen LogP contribution >= 0.6 is 23.4 Å². The monoisotopic (exact) mass is 313 g/mol. The van der Waals surface area contributed by atoms with Gasteiger partial charge >= 0.3 is 5.97 Å². The van der Waals surface area contributed by atoms with E-state index in [1.165, 1.54) is 16.7 Å². The quantitative estimate of drug-likeness (QED) is 0.932. The summed E-state index contributed by atoms with van der Waals surface area (Å²) in [5, 5.41) is 9.67. The van der Waals surface area contributed by atoms with Gasteiger partial charge < -0.3 is 10.0 Å². The molecule has 1 saturated heterocycles. The van der Waals surface area contributed by atoms with Crippen molar-refractivity contribution in [3.8, 4) is 0 Å². The van der Waals surface area contributed by atoms with Crippen molar-refractivity contribution in [3.63, 3.8) is 0 Å². The Bertz CT molecular complexity index is 549. The van der Waals surface area contributed by atoms with Crippen LogP contribution in [0.15, 0.2) is 18.2 Å². The van der Waals surface area contributed by atoms with Crippen molar-refractivity contribution in [2.45, 2.75) is 31.7 Å². The van der Waals surface area contributed by atoms with Gasteiger partial charge in [-0.3, -0.25) is 4.79 Å². The third-order valence-corrected chi connectivity index (χ3v) is 5.08. The fourth-order valence-corrected chi connectivity index (χ4v) is 3.82. The van der Waals surface area contributed by atoms with Crippen LogP contribution in [0.5, 0.6) is 0 Å². The highest BCUT2D eigenvalue weighted by Gasteiger charge is 2.41. The number of carboxylic acids is 1. The summed E-state index contributed by atoms with van der Waals surface area (Å²) in [5.74, 6) is -0.783. The molecular formula is C14H16ClNO3S. The van der Waals surface area contributed by atoms with Crippen molar-refractivity contribution in [2.24, 2.45) is 0 Å². The number of carbonyl (C=O) groups excluding carboxylic acids is 1. The maximum atomic E-state index is 12.7. The highest BCUT2D eigenvalue weighted by Crippen LogP contribution is 2.33. The number of rotatable bonds is 3.